The van der Waals surface area contributed by atoms with Gasteiger partial charge in [0.05, 0.1) is 13.2 Å². The Morgan fingerprint density at radius 3 is 2.94 bits per heavy atom. The molecule has 1 aromatic heterocycles. The van der Waals surface area contributed by atoms with Crippen molar-refractivity contribution in [1.29, 1.82) is 0 Å². The molecule has 0 bridgehead atoms. The number of rotatable bonds is 8. The van der Waals surface area contributed by atoms with Crippen molar-refractivity contribution < 1.29 is 19.4 Å². The highest BCUT2D eigenvalue weighted by atomic mass is 16.6. The summed E-state index contributed by atoms with van der Waals surface area (Å²) in [5, 5.41) is 11.8. The van der Waals surface area contributed by atoms with E-state index in [2.05, 4.69) is 10.3 Å². The molecule has 0 aliphatic carbocycles. The molecule has 1 aromatic rings. The van der Waals surface area contributed by atoms with E-state index in [1.54, 1.807) is 32.2 Å². The maximum Gasteiger partial charge on any atom is 0.212 e. The molecule has 0 aromatic carbocycles. The minimum Gasteiger partial charge on any atom is -0.493 e. The fourth-order valence-corrected chi connectivity index (χ4v) is 1.21. The van der Waals surface area contributed by atoms with Gasteiger partial charge >= 0.3 is 0 Å². The first-order valence-electron chi connectivity index (χ1n) is 5.66. The van der Waals surface area contributed by atoms with Crippen LogP contribution < -0.4 is 10.1 Å². The van der Waals surface area contributed by atoms with E-state index in [0.29, 0.717) is 37.6 Å². The monoisotopic (exact) mass is 254 g/mol. The van der Waals surface area contributed by atoms with Gasteiger partial charge in [-0.25, -0.2) is 4.98 Å². The predicted octanol–water partition coefficient (Wildman–Crippen LogP) is 1.16. The predicted molar refractivity (Wildman–Crippen MR) is 66.3 cm³/mol. The largest absolute Gasteiger partial charge is 0.493 e. The lowest BCUT2D eigenvalue weighted by molar-refractivity contribution is -0.176. The number of aromatic nitrogens is 1. The molecular weight excluding hydrogens is 236 g/mol. The Hall–Kier alpha value is -1.66. The topological polar surface area (TPSA) is 80.7 Å². The lowest BCUT2D eigenvalue weighted by Crippen LogP contribution is -2.24. The molecule has 1 heterocycles. The molecule has 1 amide bonds. The number of anilines is 1. The summed E-state index contributed by atoms with van der Waals surface area (Å²) in [5.41, 5.74) is 0. The number of nitrogens with one attached hydrogen (secondary N) is 1. The second-order valence-electron chi connectivity index (χ2n) is 4.14. The Labute approximate surface area is 106 Å². The average molecular weight is 254 g/mol. The number of nitrogens with zero attached hydrogens (tertiary/aromatic N) is 1. The van der Waals surface area contributed by atoms with Crippen LogP contribution in [-0.2, 0) is 9.53 Å². The summed E-state index contributed by atoms with van der Waals surface area (Å²) >= 11 is 0. The SMILES string of the molecule is CC(C)(O)OCCCOc1ccnc(NC=O)c1. The molecule has 0 aliphatic rings. The normalized spacial score (nSPS) is 11.1. The van der Waals surface area contributed by atoms with Crippen LogP contribution in [0.25, 0.3) is 0 Å². The van der Waals surface area contributed by atoms with E-state index >= 15 is 0 Å². The van der Waals surface area contributed by atoms with Gasteiger partial charge in [0.1, 0.15) is 11.6 Å². The zero-order valence-electron chi connectivity index (χ0n) is 10.5. The van der Waals surface area contributed by atoms with Gasteiger partial charge in [-0.05, 0) is 19.9 Å². The van der Waals surface area contributed by atoms with Gasteiger partial charge in [-0.2, -0.15) is 0 Å². The third kappa shape index (κ3) is 6.17. The highest BCUT2D eigenvalue weighted by molar-refractivity contribution is 5.69. The van der Waals surface area contributed by atoms with Gasteiger partial charge in [0.25, 0.3) is 0 Å². The lowest BCUT2D eigenvalue weighted by atomic mass is 10.4. The zero-order chi connectivity index (χ0) is 13.4. The molecule has 2 N–H and O–H groups in total. The van der Waals surface area contributed by atoms with Gasteiger partial charge in [0.2, 0.25) is 6.41 Å². The molecule has 0 radical (unpaired) electrons. The zero-order valence-corrected chi connectivity index (χ0v) is 10.5. The third-order valence-corrected chi connectivity index (χ3v) is 1.95. The van der Waals surface area contributed by atoms with E-state index in [9.17, 15) is 9.90 Å². The van der Waals surface area contributed by atoms with Gasteiger partial charge < -0.3 is 19.9 Å². The maximum absolute atomic E-state index is 10.2. The van der Waals surface area contributed by atoms with Crippen molar-refractivity contribution in [2.24, 2.45) is 0 Å². The Balaban J connectivity index is 2.26. The molecule has 0 aliphatic heterocycles. The molecule has 0 unspecified atom stereocenters. The highest BCUT2D eigenvalue weighted by Crippen LogP contribution is 2.14. The maximum atomic E-state index is 10.2. The number of amides is 1. The fraction of sp³-hybridized carbons (Fsp3) is 0.500. The first-order chi connectivity index (χ1) is 8.51. The molecule has 0 saturated carbocycles. The molecule has 0 atom stereocenters. The van der Waals surface area contributed by atoms with Gasteiger partial charge in [-0.1, -0.05) is 0 Å². The molecule has 0 spiro atoms. The summed E-state index contributed by atoms with van der Waals surface area (Å²) < 4.78 is 10.6. The van der Waals surface area contributed by atoms with Crippen molar-refractivity contribution >= 4 is 12.2 Å². The van der Waals surface area contributed by atoms with Crippen LogP contribution in [0.3, 0.4) is 0 Å². The summed E-state index contributed by atoms with van der Waals surface area (Å²) in [5.74, 6) is -0.0506. The molecule has 6 heteroatoms. The van der Waals surface area contributed by atoms with Gasteiger partial charge in [-0.3, -0.25) is 4.79 Å². The van der Waals surface area contributed by atoms with E-state index in [0.717, 1.165) is 0 Å². The molecular formula is C12H18N2O4. The summed E-state index contributed by atoms with van der Waals surface area (Å²) in [6.45, 7) is 4.02. The molecule has 0 fully saturated rings. The van der Waals surface area contributed by atoms with E-state index in [1.807, 2.05) is 0 Å². The highest BCUT2D eigenvalue weighted by Gasteiger charge is 2.11. The van der Waals surface area contributed by atoms with E-state index in [4.69, 9.17) is 9.47 Å². The van der Waals surface area contributed by atoms with Crippen LogP contribution in [0.1, 0.15) is 20.3 Å². The molecule has 0 saturated heterocycles. The average Bonchev–Trinajstić information content (AvgIpc) is 2.28. The van der Waals surface area contributed by atoms with E-state index in [1.165, 1.54) is 0 Å². The van der Waals surface area contributed by atoms with E-state index < -0.39 is 5.79 Å². The summed E-state index contributed by atoms with van der Waals surface area (Å²) in [6.07, 6.45) is 2.76. The Morgan fingerprint density at radius 1 is 1.50 bits per heavy atom. The summed E-state index contributed by atoms with van der Waals surface area (Å²) in [4.78, 5) is 14.2. The number of hydrogen-bond acceptors (Lipinski definition) is 5. The lowest BCUT2D eigenvalue weighted by Gasteiger charge is -2.17. The quantitative estimate of drug-likeness (QED) is 0.413. The number of pyridine rings is 1. The molecule has 6 nitrogen and oxygen atoms in total. The van der Waals surface area contributed by atoms with Crippen molar-refractivity contribution in [1.82, 2.24) is 4.98 Å². The fourth-order valence-electron chi connectivity index (χ4n) is 1.21. The van der Waals surface area contributed by atoms with Crippen LogP contribution in [-0.4, -0.2) is 35.5 Å². The first-order valence-corrected chi connectivity index (χ1v) is 5.66. The van der Waals surface area contributed by atoms with Crippen LogP contribution in [0.4, 0.5) is 5.82 Å². The number of carbonyl (C=O) groups is 1. The van der Waals surface area contributed by atoms with Crippen molar-refractivity contribution in [2.75, 3.05) is 18.5 Å². The molecule has 1 rings (SSSR count). The molecule has 18 heavy (non-hydrogen) atoms. The number of hydrogen-bond donors (Lipinski definition) is 2. The number of aliphatic hydroxyl groups is 1. The van der Waals surface area contributed by atoms with Crippen LogP contribution in [0.2, 0.25) is 0 Å². The van der Waals surface area contributed by atoms with E-state index in [-0.39, 0.29) is 0 Å². The number of ether oxygens (including phenoxy) is 2. The second-order valence-corrected chi connectivity index (χ2v) is 4.14. The minimum atomic E-state index is -1.11. The second kappa shape index (κ2) is 6.93. The Kier molecular flexibility index (Phi) is 5.54. The van der Waals surface area contributed by atoms with Gasteiger partial charge in [-0.15, -0.1) is 0 Å². The minimum absolute atomic E-state index is 0.411. The van der Waals surface area contributed by atoms with Crippen molar-refractivity contribution in [2.45, 2.75) is 26.1 Å². The van der Waals surface area contributed by atoms with Crippen LogP contribution in [0.15, 0.2) is 18.3 Å². The van der Waals surface area contributed by atoms with Crippen LogP contribution in [0, 0.1) is 0 Å². The first kappa shape index (κ1) is 14.4. The molecule has 100 valence electrons. The van der Waals surface area contributed by atoms with Crippen LogP contribution in [0.5, 0.6) is 5.75 Å². The van der Waals surface area contributed by atoms with Crippen molar-refractivity contribution in [3.63, 3.8) is 0 Å². The van der Waals surface area contributed by atoms with Crippen molar-refractivity contribution in [3.8, 4) is 5.75 Å². The number of carbonyl (C=O) groups excluding carboxylic acids is 1. The Bertz CT molecular complexity index is 377. The smallest absolute Gasteiger partial charge is 0.212 e. The Morgan fingerprint density at radius 2 is 2.28 bits per heavy atom. The summed E-state index contributed by atoms with van der Waals surface area (Å²) in [6, 6.07) is 3.33. The van der Waals surface area contributed by atoms with Crippen molar-refractivity contribution in [3.05, 3.63) is 18.3 Å². The van der Waals surface area contributed by atoms with Gasteiger partial charge in [0.15, 0.2) is 5.79 Å². The summed E-state index contributed by atoms with van der Waals surface area (Å²) in [7, 11) is 0. The van der Waals surface area contributed by atoms with Crippen LogP contribution >= 0.6 is 0 Å². The third-order valence-electron chi connectivity index (χ3n) is 1.95. The van der Waals surface area contributed by atoms with Gasteiger partial charge in [0, 0.05) is 18.7 Å². The standard InChI is InChI=1S/C12H18N2O4/c1-12(2,16)18-7-3-6-17-10-4-5-13-11(8-10)14-9-15/h4-5,8-9,16H,3,6-7H2,1-2H3,(H,13,14,15).